The van der Waals surface area contributed by atoms with Crippen molar-refractivity contribution in [2.75, 3.05) is 6.61 Å². The summed E-state index contributed by atoms with van der Waals surface area (Å²) in [4.78, 5) is 20.0. The van der Waals surface area contributed by atoms with Crippen molar-refractivity contribution in [3.8, 4) is 5.88 Å². The summed E-state index contributed by atoms with van der Waals surface area (Å²) in [6.07, 6.45) is -2.91. The molecule has 0 unspecified atom stereocenters. The van der Waals surface area contributed by atoms with E-state index in [2.05, 4.69) is 20.0 Å². The molecule has 0 aliphatic heterocycles. The second-order valence-electron chi connectivity index (χ2n) is 5.25. The Morgan fingerprint density at radius 3 is 2.67 bits per heavy atom. The molecule has 5 nitrogen and oxygen atoms in total. The number of hydrogen-bond acceptors (Lipinski definition) is 4. The van der Waals surface area contributed by atoms with Crippen molar-refractivity contribution in [2.45, 2.75) is 26.6 Å². The second-order valence-corrected chi connectivity index (χ2v) is 5.25. The molecule has 0 bridgehead atoms. The number of nitrogens with one attached hydrogen (secondary N) is 1. The molecule has 2 aromatic heterocycles. The lowest BCUT2D eigenvalue weighted by atomic mass is 10.2. The summed E-state index contributed by atoms with van der Waals surface area (Å²) in [5, 5.41) is 2.66. The first-order chi connectivity index (χ1) is 11.2. The number of aryl methyl sites for hydroxylation is 2. The Balaban J connectivity index is 2.01. The van der Waals surface area contributed by atoms with Gasteiger partial charge in [-0.15, -0.1) is 0 Å². The van der Waals surface area contributed by atoms with Gasteiger partial charge < -0.3 is 10.1 Å². The topological polar surface area (TPSA) is 64.1 Å². The molecule has 0 fully saturated rings. The van der Waals surface area contributed by atoms with Crippen LogP contribution < -0.4 is 10.1 Å². The summed E-state index contributed by atoms with van der Waals surface area (Å²) < 4.78 is 41.2. The predicted molar refractivity (Wildman–Crippen MR) is 80.7 cm³/mol. The molecule has 0 aliphatic rings. The normalized spacial score (nSPS) is 11.2. The summed E-state index contributed by atoms with van der Waals surface area (Å²) in [7, 11) is 0. The minimum Gasteiger partial charge on any atom is -0.468 e. The van der Waals surface area contributed by atoms with Gasteiger partial charge in [-0.1, -0.05) is 0 Å². The standard InChI is InChI=1S/C16H16F3N3O2/c1-10-5-13(22-14(6-10)24-9-16(17,18)19)8-21-15(23)12-3-4-20-11(2)7-12/h3-7H,8-9H2,1-2H3,(H,21,23). The van der Waals surface area contributed by atoms with Crippen LogP contribution in [0.15, 0.2) is 30.5 Å². The molecule has 0 spiro atoms. The van der Waals surface area contributed by atoms with E-state index >= 15 is 0 Å². The van der Waals surface area contributed by atoms with Crippen LogP contribution in [0.1, 0.15) is 27.3 Å². The zero-order valence-electron chi connectivity index (χ0n) is 13.1. The van der Waals surface area contributed by atoms with Gasteiger partial charge in [0.15, 0.2) is 6.61 Å². The van der Waals surface area contributed by atoms with Gasteiger partial charge >= 0.3 is 6.18 Å². The quantitative estimate of drug-likeness (QED) is 0.910. The van der Waals surface area contributed by atoms with E-state index in [0.29, 0.717) is 22.5 Å². The van der Waals surface area contributed by atoms with Gasteiger partial charge in [0.2, 0.25) is 5.88 Å². The molecule has 2 heterocycles. The SMILES string of the molecule is Cc1cc(CNC(=O)c2ccnc(C)c2)nc(OCC(F)(F)F)c1. The summed E-state index contributed by atoms with van der Waals surface area (Å²) in [5.74, 6) is -0.446. The van der Waals surface area contributed by atoms with Crippen LogP contribution in [-0.2, 0) is 6.54 Å². The van der Waals surface area contributed by atoms with Crippen LogP contribution in [0.4, 0.5) is 13.2 Å². The molecule has 0 radical (unpaired) electrons. The van der Waals surface area contributed by atoms with Crippen molar-refractivity contribution in [1.82, 2.24) is 15.3 Å². The van der Waals surface area contributed by atoms with Crippen LogP contribution in [0, 0.1) is 13.8 Å². The third-order valence-corrected chi connectivity index (χ3v) is 2.97. The van der Waals surface area contributed by atoms with E-state index in [0.717, 1.165) is 0 Å². The summed E-state index contributed by atoms with van der Waals surface area (Å²) in [6.45, 7) is 2.14. The number of amides is 1. The minimum atomic E-state index is -4.43. The first-order valence-corrected chi connectivity index (χ1v) is 7.11. The van der Waals surface area contributed by atoms with Gasteiger partial charge in [-0.3, -0.25) is 9.78 Å². The molecule has 1 N–H and O–H groups in total. The monoisotopic (exact) mass is 339 g/mol. The Hall–Kier alpha value is -2.64. The molecule has 2 aromatic rings. The Labute approximate surface area is 136 Å². The first-order valence-electron chi connectivity index (χ1n) is 7.11. The number of hydrogen-bond donors (Lipinski definition) is 1. The fraction of sp³-hybridized carbons (Fsp3) is 0.312. The maximum atomic E-state index is 12.2. The van der Waals surface area contributed by atoms with Crippen molar-refractivity contribution in [1.29, 1.82) is 0 Å². The Morgan fingerprint density at radius 1 is 1.25 bits per heavy atom. The smallest absolute Gasteiger partial charge is 0.422 e. The number of aromatic nitrogens is 2. The number of carbonyl (C=O) groups excluding carboxylic acids is 1. The minimum absolute atomic E-state index is 0.0737. The molecule has 24 heavy (non-hydrogen) atoms. The van der Waals surface area contributed by atoms with Gasteiger partial charge in [-0.05, 0) is 37.6 Å². The van der Waals surface area contributed by atoms with Crippen LogP contribution in [-0.4, -0.2) is 28.7 Å². The molecule has 1 amide bonds. The average molecular weight is 339 g/mol. The van der Waals surface area contributed by atoms with Gasteiger partial charge in [0.25, 0.3) is 5.91 Å². The van der Waals surface area contributed by atoms with Gasteiger partial charge in [0, 0.05) is 23.5 Å². The van der Waals surface area contributed by atoms with E-state index in [4.69, 9.17) is 0 Å². The molecule has 0 aromatic carbocycles. The van der Waals surface area contributed by atoms with Crippen molar-refractivity contribution < 1.29 is 22.7 Å². The third-order valence-electron chi connectivity index (χ3n) is 2.97. The number of carbonyl (C=O) groups is 1. The van der Waals surface area contributed by atoms with E-state index in [1.54, 1.807) is 32.0 Å². The molecule has 128 valence electrons. The number of pyridine rings is 2. The van der Waals surface area contributed by atoms with E-state index in [9.17, 15) is 18.0 Å². The highest BCUT2D eigenvalue weighted by Crippen LogP contribution is 2.18. The maximum absolute atomic E-state index is 12.2. The summed E-state index contributed by atoms with van der Waals surface area (Å²) in [5.41, 5.74) is 2.25. The molecular weight excluding hydrogens is 323 g/mol. The largest absolute Gasteiger partial charge is 0.468 e. The second kappa shape index (κ2) is 7.29. The van der Waals surface area contributed by atoms with E-state index < -0.39 is 12.8 Å². The third kappa shape index (κ3) is 5.53. The predicted octanol–water partition coefficient (Wildman–Crippen LogP) is 2.96. The fourth-order valence-corrected chi connectivity index (χ4v) is 1.99. The van der Waals surface area contributed by atoms with Gasteiger partial charge in [-0.2, -0.15) is 13.2 Å². The van der Waals surface area contributed by atoms with Crippen molar-refractivity contribution in [3.05, 3.63) is 53.0 Å². The fourth-order valence-electron chi connectivity index (χ4n) is 1.99. The lowest BCUT2D eigenvalue weighted by molar-refractivity contribution is -0.154. The van der Waals surface area contributed by atoms with E-state index in [-0.39, 0.29) is 18.3 Å². The van der Waals surface area contributed by atoms with Crippen LogP contribution in [0.2, 0.25) is 0 Å². The van der Waals surface area contributed by atoms with Gasteiger partial charge in [0.1, 0.15) is 0 Å². The van der Waals surface area contributed by atoms with Gasteiger partial charge in [-0.25, -0.2) is 4.98 Å². The van der Waals surface area contributed by atoms with Crippen LogP contribution in [0.5, 0.6) is 5.88 Å². The lowest BCUT2D eigenvalue weighted by Gasteiger charge is -2.11. The van der Waals surface area contributed by atoms with E-state index in [1.807, 2.05) is 0 Å². The lowest BCUT2D eigenvalue weighted by Crippen LogP contribution is -2.24. The van der Waals surface area contributed by atoms with Crippen molar-refractivity contribution in [3.63, 3.8) is 0 Å². The molecule has 0 saturated heterocycles. The van der Waals surface area contributed by atoms with E-state index in [1.165, 1.54) is 12.3 Å². The summed E-state index contributed by atoms with van der Waals surface area (Å²) >= 11 is 0. The highest BCUT2D eigenvalue weighted by Gasteiger charge is 2.28. The maximum Gasteiger partial charge on any atom is 0.422 e. The van der Waals surface area contributed by atoms with Crippen LogP contribution in [0.3, 0.4) is 0 Å². The molecule has 0 saturated carbocycles. The number of alkyl halides is 3. The van der Waals surface area contributed by atoms with Crippen LogP contribution in [0.25, 0.3) is 0 Å². The zero-order valence-corrected chi connectivity index (χ0v) is 13.1. The molecular formula is C16H16F3N3O2. The van der Waals surface area contributed by atoms with Crippen molar-refractivity contribution >= 4 is 5.91 Å². The molecule has 0 aliphatic carbocycles. The number of nitrogens with zero attached hydrogens (tertiary/aromatic N) is 2. The first kappa shape index (κ1) is 17.7. The Bertz CT molecular complexity index is 733. The Kier molecular flexibility index (Phi) is 5.38. The zero-order chi connectivity index (χ0) is 17.7. The molecule has 0 atom stereocenters. The average Bonchev–Trinajstić information content (AvgIpc) is 2.49. The highest BCUT2D eigenvalue weighted by atomic mass is 19.4. The number of rotatable bonds is 5. The Morgan fingerprint density at radius 2 is 2.00 bits per heavy atom. The number of ether oxygens (including phenoxy) is 1. The van der Waals surface area contributed by atoms with Crippen LogP contribution >= 0.6 is 0 Å². The molecule has 8 heteroatoms. The van der Waals surface area contributed by atoms with Gasteiger partial charge in [0.05, 0.1) is 12.2 Å². The summed E-state index contributed by atoms with van der Waals surface area (Å²) in [6, 6.07) is 6.28. The number of halogens is 3. The highest BCUT2D eigenvalue weighted by molar-refractivity contribution is 5.94. The molecule has 2 rings (SSSR count). The van der Waals surface area contributed by atoms with Crippen molar-refractivity contribution in [2.24, 2.45) is 0 Å².